The Bertz CT molecular complexity index is 749. The van der Waals surface area contributed by atoms with E-state index >= 15 is 0 Å². The van der Waals surface area contributed by atoms with Crippen LogP contribution >= 0.6 is 0 Å². The van der Waals surface area contributed by atoms with Gasteiger partial charge in [-0.25, -0.2) is 0 Å². The molecule has 0 aromatic rings. The van der Waals surface area contributed by atoms with Crippen molar-refractivity contribution in [2.24, 2.45) is 47.3 Å². The van der Waals surface area contributed by atoms with Gasteiger partial charge >= 0.3 is 0 Å². The third-order valence-electron chi connectivity index (χ3n) is 11.3. The van der Waals surface area contributed by atoms with E-state index in [4.69, 9.17) is 4.74 Å². The smallest absolute Gasteiger partial charge is 0.0639 e. The van der Waals surface area contributed by atoms with Crippen molar-refractivity contribution in [2.75, 3.05) is 20.3 Å². The third-order valence-corrected chi connectivity index (χ3v) is 11.3. The summed E-state index contributed by atoms with van der Waals surface area (Å²) < 4.78 is 5.46. The summed E-state index contributed by atoms with van der Waals surface area (Å²) in [4.78, 5) is 0. The average Bonchev–Trinajstić information content (AvgIpc) is 2.96. The maximum atomic E-state index is 9.35. The summed E-state index contributed by atoms with van der Waals surface area (Å²) in [6.45, 7) is 7.23. The second kappa shape index (κ2) is 15.8. The van der Waals surface area contributed by atoms with Gasteiger partial charge in [0.15, 0.2) is 0 Å². The molecule has 3 fully saturated rings. The molecule has 0 aliphatic heterocycles. The highest BCUT2D eigenvalue weighted by Gasteiger charge is 2.37. The molecular formula is C36H60O2. The summed E-state index contributed by atoms with van der Waals surface area (Å²) in [5, 5.41) is 9.35. The van der Waals surface area contributed by atoms with Crippen LogP contribution in [0.1, 0.15) is 122 Å². The zero-order valence-electron chi connectivity index (χ0n) is 25.1. The van der Waals surface area contributed by atoms with Crippen molar-refractivity contribution in [3.63, 3.8) is 0 Å². The van der Waals surface area contributed by atoms with E-state index in [1.807, 2.05) is 0 Å². The molecule has 0 spiro atoms. The minimum atomic E-state index is 0.115. The standard InChI is InChI=1S/C36H60O2/c1-4-5-6-7-29-12-15-36-24-35(21-20-34(36)23-29)33-18-16-32(17-19-33)31-13-10-28(11-14-31)8-9-30(26-38-3)22-27(2)25-37/h12,15,23,28,30-37H,2,4-11,13-14,16-22,24-26H2,1,3H3. The molecule has 0 radical (unpaired) electrons. The summed E-state index contributed by atoms with van der Waals surface area (Å²) in [6, 6.07) is 0. The highest BCUT2D eigenvalue weighted by Crippen LogP contribution is 2.48. The minimum absolute atomic E-state index is 0.115. The molecular weight excluding hydrogens is 464 g/mol. The molecule has 0 heterocycles. The van der Waals surface area contributed by atoms with Gasteiger partial charge in [0.25, 0.3) is 0 Å². The van der Waals surface area contributed by atoms with Crippen LogP contribution in [0.2, 0.25) is 0 Å². The Balaban J connectivity index is 1.13. The Kier molecular flexibility index (Phi) is 12.5. The third kappa shape index (κ3) is 8.82. The highest BCUT2D eigenvalue weighted by molar-refractivity contribution is 5.26. The first kappa shape index (κ1) is 30.1. The lowest BCUT2D eigenvalue weighted by Gasteiger charge is -2.43. The number of methoxy groups -OCH3 is 1. The van der Waals surface area contributed by atoms with Crippen molar-refractivity contribution in [3.8, 4) is 0 Å². The van der Waals surface area contributed by atoms with Gasteiger partial charge in [0, 0.05) is 13.7 Å². The van der Waals surface area contributed by atoms with Crippen LogP contribution < -0.4 is 0 Å². The van der Waals surface area contributed by atoms with E-state index in [9.17, 15) is 5.11 Å². The number of aliphatic hydroxyl groups excluding tert-OH is 1. The van der Waals surface area contributed by atoms with Crippen molar-refractivity contribution in [3.05, 3.63) is 36.0 Å². The molecule has 0 aromatic carbocycles. The van der Waals surface area contributed by atoms with Crippen LogP contribution in [0.3, 0.4) is 0 Å². The van der Waals surface area contributed by atoms with Gasteiger partial charge in [-0.05, 0) is 131 Å². The first-order valence-electron chi connectivity index (χ1n) is 16.7. The summed E-state index contributed by atoms with van der Waals surface area (Å²) in [5.74, 6) is 7.14. The van der Waals surface area contributed by atoms with E-state index in [0.717, 1.165) is 60.0 Å². The molecule has 4 aliphatic rings. The number of fused-ring (bicyclic) bond motifs is 1. The summed E-state index contributed by atoms with van der Waals surface area (Å²) in [6.07, 6.45) is 32.9. The number of allylic oxidation sites excluding steroid dienone is 4. The van der Waals surface area contributed by atoms with Gasteiger partial charge < -0.3 is 9.84 Å². The number of aliphatic hydroxyl groups is 1. The van der Waals surface area contributed by atoms with E-state index in [0.29, 0.717) is 5.92 Å². The quantitative estimate of drug-likeness (QED) is 0.181. The largest absolute Gasteiger partial charge is 0.392 e. The van der Waals surface area contributed by atoms with Crippen LogP contribution in [-0.2, 0) is 4.74 Å². The second-order valence-electron chi connectivity index (χ2n) is 13.9. The number of unbranched alkanes of at least 4 members (excludes halogenated alkanes) is 2. The molecule has 3 saturated carbocycles. The Labute approximate surface area is 235 Å². The number of hydrogen-bond donors (Lipinski definition) is 1. The van der Waals surface area contributed by atoms with Crippen LogP contribution in [0.25, 0.3) is 0 Å². The number of hydrogen-bond acceptors (Lipinski definition) is 2. The van der Waals surface area contributed by atoms with Gasteiger partial charge in [-0.15, -0.1) is 0 Å². The summed E-state index contributed by atoms with van der Waals surface area (Å²) >= 11 is 0. The number of rotatable bonds is 14. The lowest BCUT2D eigenvalue weighted by molar-refractivity contribution is 0.0948. The minimum Gasteiger partial charge on any atom is -0.392 e. The van der Waals surface area contributed by atoms with Crippen LogP contribution in [0.4, 0.5) is 0 Å². The molecule has 4 aliphatic carbocycles. The van der Waals surface area contributed by atoms with Crippen LogP contribution in [0.15, 0.2) is 36.0 Å². The van der Waals surface area contributed by atoms with E-state index in [2.05, 4.69) is 31.7 Å². The molecule has 4 rings (SSSR count). The van der Waals surface area contributed by atoms with Gasteiger partial charge in [0.1, 0.15) is 0 Å². The monoisotopic (exact) mass is 524 g/mol. The molecule has 0 amide bonds. The van der Waals surface area contributed by atoms with Gasteiger partial charge in [-0.2, -0.15) is 0 Å². The maximum absolute atomic E-state index is 9.35. The molecule has 0 aromatic heterocycles. The summed E-state index contributed by atoms with van der Waals surface area (Å²) in [7, 11) is 1.80. The van der Waals surface area contributed by atoms with Gasteiger partial charge in [0.2, 0.25) is 0 Å². The van der Waals surface area contributed by atoms with E-state index < -0.39 is 0 Å². The van der Waals surface area contributed by atoms with E-state index in [1.165, 1.54) is 109 Å². The van der Waals surface area contributed by atoms with Crippen LogP contribution in [-0.4, -0.2) is 25.4 Å². The number of ether oxygens (including phenoxy) is 1. The lowest BCUT2D eigenvalue weighted by Crippen LogP contribution is -2.32. The SMILES string of the molecule is C=C(CO)CC(CCC1CCC(C2CCC(C3CCC4C=C(CCCCC)C=CC4C3)CC2)CC1)COC. The van der Waals surface area contributed by atoms with Crippen molar-refractivity contribution < 1.29 is 9.84 Å². The average molecular weight is 525 g/mol. The molecule has 0 bridgehead atoms. The highest BCUT2D eigenvalue weighted by atomic mass is 16.5. The maximum Gasteiger partial charge on any atom is 0.0639 e. The Morgan fingerprint density at radius 2 is 1.58 bits per heavy atom. The van der Waals surface area contributed by atoms with E-state index in [1.54, 1.807) is 12.7 Å². The summed E-state index contributed by atoms with van der Waals surface area (Å²) in [5.41, 5.74) is 2.59. The van der Waals surface area contributed by atoms with Gasteiger partial charge in [-0.1, -0.05) is 75.0 Å². The molecule has 1 N–H and O–H groups in total. The molecule has 38 heavy (non-hydrogen) atoms. The zero-order valence-corrected chi connectivity index (χ0v) is 25.1. The normalized spacial score (nSPS) is 34.4. The Hall–Kier alpha value is -0.860. The predicted octanol–water partition coefficient (Wildman–Crippen LogP) is 9.69. The topological polar surface area (TPSA) is 29.5 Å². The second-order valence-corrected chi connectivity index (χ2v) is 13.9. The molecule has 0 saturated heterocycles. The van der Waals surface area contributed by atoms with E-state index in [-0.39, 0.29) is 6.61 Å². The van der Waals surface area contributed by atoms with Crippen LogP contribution in [0, 0.1) is 47.3 Å². The van der Waals surface area contributed by atoms with Crippen LogP contribution in [0.5, 0.6) is 0 Å². The molecule has 4 atom stereocenters. The Morgan fingerprint density at radius 1 is 0.921 bits per heavy atom. The predicted molar refractivity (Wildman–Crippen MR) is 162 cm³/mol. The molecule has 4 unspecified atom stereocenters. The first-order valence-corrected chi connectivity index (χ1v) is 16.7. The molecule has 216 valence electrons. The fraction of sp³-hybridized carbons (Fsp3) is 0.833. The molecule has 2 heteroatoms. The van der Waals surface area contributed by atoms with Crippen molar-refractivity contribution in [1.82, 2.24) is 0 Å². The lowest BCUT2D eigenvalue weighted by atomic mass is 9.62. The van der Waals surface area contributed by atoms with Crippen molar-refractivity contribution >= 4 is 0 Å². The van der Waals surface area contributed by atoms with Gasteiger partial charge in [-0.3, -0.25) is 0 Å². The van der Waals surface area contributed by atoms with Crippen molar-refractivity contribution in [1.29, 1.82) is 0 Å². The fourth-order valence-corrected chi connectivity index (χ4v) is 8.90. The van der Waals surface area contributed by atoms with Crippen molar-refractivity contribution in [2.45, 2.75) is 122 Å². The zero-order chi connectivity index (χ0) is 26.7. The van der Waals surface area contributed by atoms with Gasteiger partial charge in [0.05, 0.1) is 6.61 Å². The molecule has 2 nitrogen and oxygen atoms in total. The Morgan fingerprint density at radius 3 is 2.24 bits per heavy atom. The fourth-order valence-electron chi connectivity index (χ4n) is 8.90. The first-order chi connectivity index (χ1) is 18.6.